The highest BCUT2D eigenvalue weighted by atomic mass is 19.4. The highest BCUT2D eigenvalue weighted by Crippen LogP contribution is 2.34. The molecule has 29 heavy (non-hydrogen) atoms. The molecule has 2 aromatic carbocycles. The van der Waals surface area contributed by atoms with Crippen molar-refractivity contribution in [3.63, 3.8) is 0 Å². The first kappa shape index (κ1) is 19.0. The Morgan fingerprint density at radius 1 is 1.21 bits per heavy atom. The van der Waals surface area contributed by atoms with Crippen LogP contribution in [-0.4, -0.2) is 29.0 Å². The summed E-state index contributed by atoms with van der Waals surface area (Å²) in [4.78, 5) is 17.3. The molecule has 0 fully saturated rings. The van der Waals surface area contributed by atoms with Gasteiger partial charge in [0.25, 0.3) is 0 Å². The first-order chi connectivity index (χ1) is 13.7. The van der Waals surface area contributed by atoms with E-state index in [9.17, 15) is 18.0 Å². The van der Waals surface area contributed by atoms with Gasteiger partial charge in [0.1, 0.15) is 0 Å². The van der Waals surface area contributed by atoms with Crippen LogP contribution in [0.5, 0.6) is 0 Å². The number of nitrogens with zero attached hydrogens (tertiary/aromatic N) is 2. The average Bonchev–Trinajstić information content (AvgIpc) is 3.28. The molecule has 1 aliphatic heterocycles. The van der Waals surface area contributed by atoms with Crippen molar-refractivity contribution in [2.75, 3.05) is 7.11 Å². The Morgan fingerprint density at radius 3 is 2.69 bits per heavy atom. The zero-order chi connectivity index (χ0) is 20.8. The zero-order valence-corrected chi connectivity index (χ0v) is 15.7. The van der Waals surface area contributed by atoms with Crippen LogP contribution in [0, 0.1) is 0 Å². The van der Waals surface area contributed by atoms with Gasteiger partial charge in [-0.3, -0.25) is 0 Å². The van der Waals surface area contributed by atoms with E-state index in [1.54, 1.807) is 23.8 Å². The minimum atomic E-state index is -4.44. The van der Waals surface area contributed by atoms with Crippen LogP contribution in [0.1, 0.15) is 24.5 Å². The molecule has 2 heterocycles. The lowest BCUT2D eigenvalue weighted by Gasteiger charge is -2.17. The predicted octanol–water partition coefficient (Wildman–Crippen LogP) is 4.71. The molecule has 0 radical (unpaired) electrons. The van der Waals surface area contributed by atoms with E-state index < -0.39 is 23.3 Å². The van der Waals surface area contributed by atoms with Gasteiger partial charge < -0.3 is 14.1 Å². The van der Waals surface area contributed by atoms with Gasteiger partial charge in [0.2, 0.25) is 5.60 Å². The Morgan fingerprint density at radius 2 is 1.97 bits per heavy atom. The number of benzene rings is 2. The van der Waals surface area contributed by atoms with Crippen molar-refractivity contribution in [2.24, 2.45) is 5.16 Å². The lowest BCUT2D eigenvalue weighted by molar-refractivity contribution is -0.164. The van der Waals surface area contributed by atoms with Crippen LogP contribution in [0.4, 0.5) is 13.2 Å². The van der Waals surface area contributed by atoms with E-state index in [-0.39, 0.29) is 6.42 Å². The summed E-state index contributed by atoms with van der Waals surface area (Å²) in [6.07, 6.45) is -2.53. The molecular formula is C21H17F3N2O3. The number of carbonyl (C=O) groups excluding carboxylic acids is 1. The number of aromatic nitrogens is 1. The van der Waals surface area contributed by atoms with E-state index in [4.69, 9.17) is 9.57 Å². The van der Waals surface area contributed by atoms with Crippen molar-refractivity contribution in [1.82, 2.24) is 4.57 Å². The fourth-order valence-electron chi connectivity index (χ4n) is 3.46. The molecular weight excluding hydrogens is 385 g/mol. The third kappa shape index (κ3) is 3.24. The van der Waals surface area contributed by atoms with Gasteiger partial charge in [0.15, 0.2) is 0 Å². The highest BCUT2D eigenvalue weighted by molar-refractivity contribution is 6.13. The fourth-order valence-corrected chi connectivity index (χ4v) is 3.46. The number of oxime groups is 1. The molecule has 1 aromatic heterocycles. The summed E-state index contributed by atoms with van der Waals surface area (Å²) in [7, 11) is 1.27. The Labute approximate surface area is 164 Å². The first-order valence-corrected chi connectivity index (χ1v) is 8.84. The van der Waals surface area contributed by atoms with Crippen molar-refractivity contribution >= 4 is 22.6 Å². The second-order valence-corrected chi connectivity index (χ2v) is 7.01. The number of methoxy groups -OCH3 is 1. The summed E-state index contributed by atoms with van der Waals surface area (Å²) in [6.45, 7) is 1.58. The molecule has 0 aliphatic carbocycles. The van der Waals surface area contributed by atoms with E-state index >= 15 is 0 Å². The Kier molecular flexibility index (Phi) is 4.37. The smallest absolute Gasteiger partial charge is 0.416 e. The minimum Gasteiger partial charge on any atom is -0.466 e. The van der Waals surface area contributed by atoms with Gasteiger partial charge in [0.05, 0.1) is 23.9 Å². The number of hydrogen-bond acceptors (Lipinski definition) is 4. The molecule has 0 saturated heterocycles. The van der Waals surface area contributed by atoms with Gasteiger partial charge >= 0.3 is 12.1 Å². The summed E-state index contributed by atoms with van der Waals surface area (Å²) >= 11 is 0. The summed E-state index contributed by atoms with van der Waals surface area (Å²) in [6, 6.07) is 12.4. The van der Waals surface area contributed by atoms with Crippen molar-refractivity contribution in [2.45, 2.75) is 25.1 Å². The number of ether oxygens (including phenoxy) is 1. The van der Waals surface area contributed by atoms with Gasteiger partial charge in [0, 0.05) is 29.3 Å². The summed E-state index contributed by atoms with van der Waals surface area (Å²) < 4.78 is 45.9. The summed E-state index contributed by atoms with van der Waals surface area (Å²) in [5, 5.41) is 4.86. The van der Waals surface area contributed by atoms with Crippen LogP contribution in [-0.2, 0) is 20.5 Å². The number of hydrogen-bond donors (Lipinski definition) is 0. The summed E-state index contributed by atoms with van der Waals surface area (Å²) in [5.74, 6) is -0.544. The van der Waals surface area contributed by atoms with Crippen LogP contribution in [0.3, 0.4) is 0 Å². The lowest BCUT2D eigenvalue weighted by Crippen LogP contribution is -2.36. The van der Waals surface area contributed by atoms with Gasteiger partial charge in [-0.15, -0.1) is 0 Å². The number of fused-ring (bicyclic) bond motifs is 1. The van der Waals surface area contributed by atoms with Crippen LogP contribution in [0.25, 0.3) is 16.6 Å². The molecule has 4 rings (SSSR count). The van der Waals surface area contributed by atoms with Crippen LogP contribution >= 0.6 is 0 Å². The SMILES string of the molecule is COC(=O)C1(C)CC(c2cn(-c3cccc(C(F)(F)F)c3)c3ccccc23)=NO1. The second kappa shape index (κ2) is 6.65. The average molecular weight is 402 g/mol. The molecule has 0 spiro atoms. The number of rotatable bonds is 3. The number of halogens is 3. The third-order valence-electron chi connectivity index (χ3n) is 4.95. The summed E-state index contributed by atoms with van der Waals surface area (Å²) in [5.41, 5.74) is 0.344. The van der Waals surface area contributed by atoms with E-state index in [0.717, 1.165) is 23.0 Å². The van der Waals surface area contributed by atoms with Gasteiger partial charge in [-0.2, -0.15) is 13.2 Å². The predicted molar refractivity (Wildman–Crippen MR) is 101 cm³/mol. The standard InChI is InChI=1S/C21H17F3N2O3/c1-20(19(27)28-2)11-17(25-29-20)16-12-26(18-9-4-3-8-15(16)18)14-7-5-6-13(10-14)21(22,23)24/h3-10,12H,11H2,1-2H3. The maximum atomic E-state index is 13.2. The van der Waals surface area contributed by atoms with E-state index in [0.29, 0.717) is 17.0 Å². The van der Waals surface area contributed by atoms with E-state index in [2.05, 4.69) is 5.16 Å². The van der Waals surface area contributed by atoms with Crippen LogP contribution in [0.2, 0.25) is 0 Å². The Hall–Kier alpha value is -3.29. The molecule has 8 heteroatoms. The largest absolute Gasteiger partial charge is 0.466 e. The highest BCUT2D eigenvalue weighted by Gasteiger charge is 2.44. The van der Waals surface area contributed by atoms with Gasteiger partial charge in [-0.25, -0.2) is 4.79 Å². The fraction of sp³-hybridized carbons (Fsp3) is 0.238. The maximum Gasteiger partial charge on any atom is 0.416 e. The van der Waals surface area contributed by atoms with Crippen molar-refractivity contribution in [3.05, 3.63) is 65.9 Å². The van der Waals surface area contributed by atoms with Crippen LogP contribution < -0.4 is 0 Å². The quantitative estimate of drug-likeness (QED) is 0.597. The maximum absolute atomic E-state index is 13.2. The lowest BCUT2D eigenvalue weighted by atomic mass is 9.96. The normalized spacial score (nSPS) is 19.1. The molecule has 1 aliphatic rings. The molecule has 0 amide bonds. The molecule has 150 valence electrons. The Bertz CT molecular complexity index is 1130. The molecule has 5 nitrogen and oxygen atoms in total. The first-order valence-electron chi connectivity index (χ1n) is 8.84. The van der Waals surface area contributed by atoms with E-state index in [1.807, 2.05) is 24.3 Å². The minimum absolute atomic E-state index is 0.191. The Balaban J connectivity index is 1.81. The number of esters is 1. The molecule has 3 aromatic rings. The van der Waals surface area contributed by atoms with Crippen LogP contribution in [0.15, 0.2) is 59.9 Å². The topological polar surface area (TPSA) is 52.8 Å². The monoisotopic (exact) mass is 402 g/mol. The van der Waals surface area contributed by atoms with Gasteiger partial charge in [-0.1, -0.05) is 29.4 Å². The molecule has 0 saturated carbocycles. The third-order valence-corrected chi connectivity index (χ3v) is 4.95. The van der Waals surface area contributed by atoms with E-state index in [1.165, 1.54) is 13.2 Å². The number of para-hydroxylation sites is 1. The molecule has 1 atom stereocenters. The zero-order valence-electron chi connectivity index (χ0n) is 15.7. The molecule has 0 bridgehead atoms. The second-order valence-electron chi connectivity index (χ2n) is 7.01. The number of alkyl halides is 3. The van der Waals surface area contributed by atoms with Crippen molar-refractivity contribution in [3.8, 4) is 5.69 Å². The molecule has 0 N–H and O–H groups in total. The van der Waals surface area contributed by atoms with Gasteiger partial charge in [-0.05, 0) is 31.2 Å². The van der Waals surface area contributed by atoms with Crippen molar-refractivity contribution < 1.29 is 27.5 Å². The number of carbonyl (C=O) groups is 1. The molecule has 1 unspecified atom stereocenters. The van der Waals surface area contributed by atoms with Crippen molar-refractivity contribution in [1.29, 1.82) is 0 Å².